The number of hydrogen-bond donors (Lipinski definition) is 1. The van der Waals surface area contributed by atoms with E-state index in [1.807, 2.05) is 13.8 Å². The van der Waals surface area contributed by atoms with Crippen LogP contribution in [0.25, 0.3) is 0 Å². The van der Waals surface area contributed by atoms with Crippen molar-refractivity contribution in [2.75, 3.05) is 6.54 Å². The Hall–Kier alpha value is -2.93. The Balaban J connectivity index is 2.33. The number of rotatable bonds is 10. The number of nitro groups is 1. The lowest BCUT2D eigenvalue weighted by molar-refractivity contribution is -0.385. The minimum absolute atomic E-state index is 0.110. The third kappa shape index (κ3) is 6.29. The van der Waals surface area contributed by atoms with Crippen molar-refractivity contribution in [1.82, 2.24) is 10.2 Å². The quantitative estimate of drug-likeness (QED) is 0.452. The van der Waals surface area contributed by atoms with Crippen LogP contribution in [0.1, 0.15) is 37.8 Å². The number of para-hydroxylation sites is 1. The molecule has 0 spiro atoms. The highest BCUT2D eigenvalue weighted by Gasteiger charge is 2.29. The molecule has 1 atom stereocenters. The molecule has 0 aliphatic carbocycles. The van der Waals surface area contributed by atoms with Gasteiger partial charge in [0.25, 0.3) is 5.69 Å². The summed E-state index contributed by atoms with van der Waals surface area (Å²) in [5.74, 6) is -0.582. The molecule has 0 radical (unpaired) electrons. The van der Waals surface area contributed by atoms with E-state index in [0.717, 1.165) is 12.0 Å². The Morgan fingerprint density at radius 3 is 2.40 bits per heavy atom. The van der Waals surface area contributed by atoms with Gasteiger partial charge in [0.1, 0.15) is 6.04 Å². The average Bonchev–Trinajstić information content (AvgIpc) is 2.73. The highest BCUT2D eigenvalue weighted by molar-refractivity contribution is 6.30. The monoisotopic (exact) mass is 431 g/mol. The van der Waals surface area contributed by atoms with E-state index in [-0.39, 0.29) is 30.5 Å². The zero-order valence-electron chi connectivity index (χ0n) is 17.1. The fourth-order valence-corrected chi connectivity index (χ4v) is 3.30. The molecule has 0 saturated carbocycles. The lowest BCUT2D eigenvalue weighted by Crippen LogP contribution is -2.49. The second-order valence-electron chi connectivity index (χ2n) is 6.93. The molecular weight excluding hydrogens is 406 g/mol. The zero-order chi connectivity index (χ0) is 22.1. The number of nitro benzene ring substituents is 1. The van der Waals surface area contributed by atoms with Crippen molar-refractivity contribution in [3.05, 3.63) is 74.8 Å². The molecule has 0 fully saturated rings. The van der Waals surface area contributed by atoms with Crippen LogP contribution >= 0.6 is 11.6 Å². The van der Waals surface area contributed by atoms with Gasteiger partial charge in [-0.2, -0.15) is 0 Å². The average molecular weight is 432 g/mol. The first-order valence-corrected chi connectivity index (χ1v) is 10.3. The Kier molecular flexibility index (Phi) is 8.80. The second kappa shape index (κ2) is 11.3. The highest BCUT2D eigenvalue weighted by atomic mass is 35.5. The first kappa shape index (κ1) is 23.3. The fourth-order valence-electron chi connectivity index (χ4n) is 3.17. The van der Waals surface area contributed by atoms with Crippen LogP contribution in [0.4, 0.5) is 5.69 Å². The summed E-state index contributed by atoms with van der Waals surface area (Å²) in [4.78, 5) is 38.3. The number of benzene rings is 2. The zero-order valence-corrected chi connectivity index (χ0v) is 17.9. The van der Waals surface area contributed by atoms with Crippen LogP contribution in [0.3, 0.4) is 0 Å². The molecule has 7 nitrogen and oxygen atoms in total. The molecule has 0 aliphatic heterocycles. The largest absolute Gasteiger partial charge is 0.354 e. The van der Waals surface area contributed by atoms with Crippen molar-refractivity contribution < 1.29 is 14.5 Å². The van der Waals surface area contributed by atoms with E-state index in [1.165, 1.54) is 11.0 Å². The van der Waals surface area contributed by atoms with Crippen LogP contribution in [0.2, 0.25) is 5.02 Å². The smallest absolute Gasteiger partial charge is 0.273 e. The maximum atomic E-state index is 13.2. The predicted molar refractivity (Wildman–Crippen MR) is 116 cm³/mol. The molecule has 1 unspecified atom stereocenters. The van der Waals surface area contributed by atoms with Crippen LogP contribution in [-0.4, -0.2) is 34.2 Å². The number of amides is 2. The highest BCUT2D eigenvalue weighted by Crippen LogP contribution is 2.21. The number of hydrogen-bond acceptors (Lipinski definition) is 4. The van der Waals surface area contributed by atoms with Gasteiger partial charge in [0.05, 0.1) is 11.3 Å². The van der Waals surface area contributed by atoms with Crippen LogP contribution < -0.4 is 5.32 Å². The van der Waals surface area contributed by atoms with Crippen LogP contribution in [0, 0.1) is 10.1 Å². The maximum absolute atomic E-state index is 13.2. The van der Waals surface area contributed by atoms with E-state index in [4.69, 9.17) is 11.6 Å². The van der Waals surface area contributed by atoms with E-state index in [9.17, 15) is 19.7 Å². The van der Waals surface area contributed by atoms with E-state index >= 15 is 0 Å². The molecule has 30 heavy (non-hydrogen) atoms. The molecule has 0 aliphatic rings. The summed E-state index contributed by atoms with van der Waals surface area (Å²) in [5, 5.41) is 14.7. The molecule has 2 amide bonds. The standard InChI is InChI=1S/C22H26ClN3O4/c1-3-13-24-22(28)19(4-2)25(15-16-9-11-18(23)12-10-16)21(27)14-17-7-5-6-8-20(17)26(29)30/h5-12,19H,3-4,13-15H2,1-2H3,(H,24,28). The lowest BCUT2D eigenvalue weighted by atomic mass is 10.1. The summed E-state index contributed by atoms with van der Waals surface area (Å²) in [6, 6.07) is 12.5. The van der Waals surface area contributed by atoms with Gasteiger partial charge in [0.2, 0.25) is 11.8 Å². The minimum Gasteiger partial charge on any atom is -0.354 e. The first-order chi connectivity index (χ1) is 14.4. The maximum Gasteiger partial charge on any atom is 0.273 e. The van der Waals surface area contributed by atoms with Gasteiger partial charge in [-0.05, 0) is 30.5 Å². The van der Waals surface area contributed by atoms with Crippen molar-refractivity contribution >= 4 is 29.1 Å². The lowest BCUT2D eigenvalue weighted by Gasteiger charge is -2.30. The fraction of sp³-hybridized carbons (Fsp3) is 0.364. The molecular formula is C22H26ClN3O4. The predicted octanol–water partition coefficient (Wildman–Crippen LogP) is 4.12. The first-order valence-electron chi connectivity index (χ1n) is 9.91. The van der Waals surface area contributed by atoms with Gasteiger partial charge in [0, 0.05) is 29.7 Å². The molecule has 0 saturated heterocycles. The Morgan fingerprint density at radius 1 is 1.13 bits per heavy atom. The topological polar surface area (TPSA) is 92.6 Å². The number of nitrogens with zero attached hydrogens (tertiary/aromatic N) is 2. The van der Waals surface area contributed by atoms with Gasteiger partial charge in [-0.25, -0.2) is 0 Å². The van der Waals surface area contributed by atoms with Crippen molar-refractivity contribution in [3.63, 3.8) is 0 Å². The van der Waals surface area contributed by atoms with E-state index in [2.05, 4.69) is 5.32 Å². The number of halogens is 1. The van der Waals surface area contributed by atoms with Crippen LogP contribution in [0.5, 0.6) is 0 Å². The molecule has 2 rings (SSSR count). The molecule has 0 aromatic heterocycles. The Bertz CT molecular complexity index is 886. The van der Waals surface area contributed by atoms with Crippen LogP contribution in [-0.2, 0) is 22.6 Å². The van der Waals surface area contributed by atoms with E-state index in [1.54, 1.807) is 42.5 Å². The van der Waals surface area contributed by atoms with Crippen molar-refractivity contribution in [2.45, 2.75) is 45.7 Å². The molecule has 0 bridgehead atoms. The summed E-state index contributed by atoms with van der Waals surface area (Å²) in [5.41, 5.74) is 1.02. The second-order valence-corrected chi connectivity index (χ2v) is 7.36. The van der Waals surface area contributed by atoms with Gasteiger partial charge in [-0.15, -0.1) is 0 Å². The molecule has 2 aromatic carbocycles. The Labute approximate surface area is 181 Å². The van der Waals surface area contributed by atoms with E-state index < -0.39 is 11.0 Å². The van der Waals surface area contributed by atoms with Crippen LogP contribution in [0.15, 0.2) is 48.5 Å². The molecule has 2 aromatic rings. The third-order valence-electron chi connectivity index (χ3n) is 4.73. The summed E-state index contributed by atoms with van der Waals surface area (Å²) in [6.07, 6.45) is 1.04. The summed E-state index contributed by atoms with van der Waals surface area (Å²) in [6.45, 7) is 4.51. The van der Waals surface area contributed by atoms with Gasteiger partial charge in [-0.3, -0.25) is 19.7 Å². The normalized spacial score (nSPS) is 11.6. The number of carbonyl (C=O) groups is 2. The minimum atomic E-state index is -0.678. The van der Waals surface area contributed by atoms with E-state index in [0.29, 0.717) is 23.6 Å². The summed E-state index contributed by atoms with van der Waals surface area (Å²) in [7, 11) is 0. The molecule has 160 valence electrons. The van der Waals surface area contributed by atoms with Crippen molar-refractivity contribution in [2.24, 2.45) is 0 Å². The molecule has 0 heterocycles. The third-order valence-corrected chi connectivity index (χ3v) is 4.98. The van der Waals surface area contributed by atoms with Gasteiger partial charge in [0.15, 0.2) is 0 Å². The van der Waals surface area contributed by atoms with Crippen molar-refractivity contribution in [1.29, 1.82) is 0 Å². The molecule has 1 N–H and O–H groups in total. The Morgan fingerprint density at radius 2 is 1.80 bits per heavy atom. The SMILES string of the molecule is CCCNC(=O)C(CC)N(Cc1ccc(Cl)cc1)C(=O)Cc1ccccc1[N+](=O)[O-]. The van der Waals surface area contributed by atoms with Gasteiger partial charge >= 0.3 is 0 Å². The number of nitrogens with one attached hydrogen (secondary N) is 1. The summed E-state index contributed by atoms with van der Waals surface area (Å²) >= 11 is 5.95. The van der Waals surface area contributed by atoms with Gasteiger partial charge < -0.3 is 10.2 Å². The van der Waals surface area contributed by atoms with Gasteiger partial charge in [-0.1, -0.05) is 55.8 Å². The summed E-state index contributed by atoms with van der Waals surface area (Å²) < 4.78 is 0. The molecule has 8 heteroatoms. The van der Waals surface area contributed by atoms with Crippen molar-refractivity contribution in [3.8, 4) is 0 Å². The number of carbonyl (C=O) groups excluding carboxylic acids is 2.